The van der Waals surface area contributed by atoms with E-state index in [9.17, 15) is 4.79 Å². The Kier molecular flexibility index (Phi) is 4.95. The number of thiazole rings is 1. The van der Waals surface area contributed by atoms with Crippen LogP contribution < -0.4 is 14.8 Å². The summed E-state index contributed by atoms with van der Waals surface area (Å²) < 4.78 is 8.21. The van der Waals surface area contributed by atoms with E-state index in [0.717, 1.165) is 22.2 Å². The fourth-order valence-electron chi connectivity index (χ4n) is 3.29. The van der Waals surface area contributed by atoms with E-state index in [1.165, 1.54) is 11.3 Å². The molecule has 0 spiro atoms. The minimum Gasteiger partial charge on any atom is -0.488 e. The lowest BCUT2D eigenvalue weighted by Crippen LogP contribution is -2.22. The maximum Gasteiger partial charge on any atom is 0.274 e. The molecule has 0 unspecified atom stereocenters. The smallest absolute Gasteiger partial charge is 0.274 e. The number of benzene rings is 3. The average Bonchev–Trinajstić information content (AvgIpc) is 3.25. The molecule has 7 heteroatoms. The summed E-state index contributed by atoms with van der Waals surface area (Å²) in [6.07, 6.45) is 1.80. The Balaban J connectivity index is 1.58. The zero-order chi connectivity index (χ0) is 20.7. The summed E-state index contributed by atoms with van der Waals surface area (Å²) in [5.41, 5.74) is 3.10. The predicted molar refractivity (Wildman–Crippen MR) is 123 cm³/mol. The Morgan fingerprint density at radius 2 is 1.83 bits per heavy atom. The number of imidazole rings is 1. The van der Waals surface area contributed by atoms with Gasteiger partial charge in [-0.1, -0.05) is 64.9 Å². The van der Waals surface area contributed by atoms with Crippen LogP contribution in [0.25, 0.3) is 22.1 Å². The molecule has 30 heavy (non-hydrogen) atoms. The molecule has 0 N–H and O–H groups in total. The van der Waals surface area contributed by atoms with Crippen molar-refractivity contribution >= 4 is 56.6 Å². The van der Waals surface area contributed by atoms with Gasteiger partial charge in [-0.05, 0) is 42.5 Å². The lowest BCUT2D eigenvalue weighted by atomic mass is 10.2. The van der Waals surface area contributed by atoms with Gasteiger partial charge in [-0.2, -0.15) is 0 Å². The third-order valence-electron chi connectivity index (χ3n) is 4.74. The Morgan fingerprint density at radius 1 is 1.03 bits per heavy atom. The summed E-state index contributed by atoms with van der Waals surface area (Å²) in [5, 5.41) is 1.20. The zero-order valence-electron chi connectivity index (χ0n) is 15.5. The molecular formula is C23H14Cl2N2O2S. The number of aromatic nitrogens is 2. The molecule has 0 aliphatic rings. The zero-order valence-corrected chi connectivity index (χ0v) is 17.8. The van der Waals surface area contributed by atoms with Crippen molar-refractivity contribution in [2.24, 2.45) is 0 Å². The van der Waals surface area contributed by atoms with E-state index in [1.807, 2.05) is 48.5 Å². The van der Waals surface area contributed by atoms with Gasteiger partial charge in [-0.3, -0.25) is 4.79 Å². The van der Waals surface area contributed by atoms with Crippen LogP contribution in [0, 0.1) is 0 Å². The number of hydrogen-bond acceptors (Lipinski definition) is 4. The molecular weight excluding hydrogens is 439 g/mol. The highest BCUT2D eigenvalue weighted by Gasteiger charge is 2.12. The molecule has 0 radical (unpaired) electrons. The summed E-state index contributed by atoms with van der Waals surface area (Å²) in [6, 6.07) is 20.5. The SMILES string of the molecule is O=c1/c(=C\c2cc(Cl)ccc2OCc2ccccc2Cl)sc2nc3ccccc3n12. The maximum atomic E-state index is 13.0. The fourth-order valence-corrected chi connectivity index (χ4v) is 4.64. The van der Waals surface area contributed by atoms with Gasteiger partial charge in [-0.15, -0.1) is 0 Å². The largest absolute Gasteiger partial charge is 0.488 e. The first-order chi connectivity index (χ1) is 14.6. The molecule has 0 fully saturated rings. The minimum absolute atomic E-state index is 0.110. The summed E-state index contributed by atoms with van der Waals surface area (Å²) in [4.78, 5) is 18.3. The molecule has 2 aromatic heterocycles. The number of ether oxygens (including phenoxy) is 1. The van der Waals surface area contributed by atoms with Gasteiger partial charge in [0.25, 0.3) is 5.56 Å². The summed E-state index contributed by atoms with van der Waals surface area (Å²) in [7, 11) is 0. The van der Waals surface area contributed by atoms with Crippen LogP contribution in [0.5, 0.6) is 5.75 Å². The minimum atomic E-state index is -0.110. The number of halogens is 2. The second-order valence-corrected chi connectivity index (χ2v) is 8.55. The highest BCUT2D eigenvalue weighted by Crippen LogP contribution is 2.26. The first-order valence-electron chi connectivity index (χ1n) is 9.17. The monoisotopic (exact) mass is 452 g/mol. The molecule has 5 aromatic rings. The van der Waals surface area contributed by atoms with Crippen molar-refractivity contribution in [3.8, 4) is 5.75 Å². The van der Waals surface area contributed by atoms with Gasteiger partial charge in [0.2, 0.25) is 0 Å². The van der Waals surface area contributed by atoms with Crippen LogP contribution in [-0.2, 0) is 6.61 Å². The Morgan fingerprint density at radius 3 is 2.70 bits per heavy atom. The number of hydrogen-bond donors (Lipinski definition) is 0. The number of fused-ring (bicyclic) bond motifs is 3. The quantitative estimate of drug-likeness (QED) is 0.369. The highest BCUT2D eigenvalue weighted by atomic mass is 35.5. The van der Waals surface area contributed by atoms with Gasteiger partial charge in [0, 0.05) is 21.2 Å². The third-order valence-corrected chi connectivity index (χ3v) is 6.32. The maximum absolute atomic E-state index is 13.0. The number of nitrogens with zero attached hydrogens (tertiary/aromatic N) is 2. The molecule has 0 aliphatic heterocycles. The van der Waals surface area contributed by atoms with Crippen LogP contribution in [0.4, 0.5) is 0 Å². The highest BCUT2D eigenvalue weighted by molar-refractivity contribution is 7.15. The van der Waals surface area contributed by atoms with Crippen molar-refractivity contribution in [2.45, 2.75) is 6.61 Å². The molecule has 4 nitrogen and oxygen atoms in total. The van der Waals surface area contributed by atoms with Crippen molar-refractivity contribution in [1.29, 1.82) is 0 Å². The van der Waals surface area contributed by atoms with Crippen LogP contribution in [-0.4, -0.2) is 9.38 Å². The van der Waals surface area contributed by atoms with Gasteiger partial charge in [0.1, 0.15) is 12.4 Å². The van der Waals surface area contributed by atoms with Crippen molar-refractivity contribution in [2.75, 3.05) is 0 Å². The second kappa shape index (κ2) is 7.76. The normalized spacial score (nSPS) is 12.1. The first kappa shape index (κ1) is 19.1. The second-order valence-electron chi connectivity index (χ2n) is 6.70. The predicted octanol–water partition coefficient (Wildman–Crippen LogP) is 5.34. The topological polar surface area (TPSA) is 43.6 Å². The molecule has 0 atom stereocenters. The van der Waals surface area contributed by atoms with Crippen LogP contribution >= 0.6 is 34.5 Å². The van der Waals surface area contributed by atoms with Gasteiger partial charge in [0.05, 0.1) is 15.6 Å². The molecule has 0 saturated heterocycles. The van der Waals surface area contributed by atoms with E-state index in [-0.39, 0.29) is 5.56 Å². The molecule has 5 rings (SSSR count). The van der Waals surface area contributed by atoms with E-state index in [0.29, 0.717) is 31.9 Å². The summed E-state index contributed by atoms with van der Waals surface area (Å²) >= 11 is 13.8. The van der Waals surface area contributed by atoms with E-state index in [2.05, 4.69) is 4.98 Å². The Labute approximate surface area is 185 Å². The van der Waals surface area contributed by atoms with Gasteiger partial charge in [-0.25, -0.2) is 9.38 Å². The van der Waals surface area contributed by atoms with Gasteiger partial charge >= 0.3 is 0 Å². The standard InChI is InChI=1S/C23H14Cl2N2O2S/c24-16-9-10-20(29-13-14-5-1-2-6-17(14)25)15(11-16)12-21-22(28)27-19-8-4-3-7-18(19)26-23(27)30-21/h1-12H,13H2/b21-12+. The molecule has 0 aliphatic carbocycles. The van der Waals surface area contributed by atoms with Crippen LogP contribution in [0.2, 0.25) is 10.0 Å². The third kappa shape index (κ3) is 3.45. The van der Waals surface area contributed by atoms with Gasteiger partial charge < -0.3 is 4.74 Å². The van der Waals surface area contributed by atoms with E-state index >= 15 is 0 Å². The average molecular weight is 453 g/mol. The summed E-state index contributed by atoms with van der Waals surface area (Å²) in [6.45, 7) is 0.310. The van der Waals surface area contributed by atoms with E-state index in [4.69, 9.17) is 27.9 Å². The molecule has 0 saturated carbocycles. The van der Waals surface area contributed by atoms with Crippen molar-refractivity contribution in [1.82, 2.24) is 9.38 Å². The lowest BCUT2D eigenvalue weighted by molar-refractivity contribution is 0.305. The van der Waals surface area contributed by atoms with Crippen LogP contribution in [0.1, 0.15) is 11.1 Å². The van der Waals surface area contributed by atoms with Crippen molar-refractivity contribution in [3.63, 3.8) is 0 Å². The Bertz CT molecular complexity index is 1510. The number of rotatable bonds is 4. The first-order valence-corrected chi connectivity index (χ1v) is 10.7. The van der Waals surface area contributed by atoms with E-state index in [1.54, 1.807) is 28.7 Å². The number of para-hydroxylation sites is 2. The molecule has 0 bridgehead atoms. The molecule has 3 aromatic carbocycles. The Hall–Kier alpha value is -2.86. The molecule has 0 amide bonds. The van der Waals surface area contributed by atoms with E-state index < -0.39 is 0 Å². The van der Waals surface area contributed by atoms with Gasteiger partial charge in [0.15, 0.2) is 4.96 Å². The lowest BCUT2D eigenvalue weighted by Gasteiger charge is -2.10. The summed E-state index contributed by atoms with van der Waals surface area (Å²) in [5.74, 6) is 0.620. The van der Waals surface area contributed by atoms with Crippen LogP contribution in [0.3, 0.4) is 0 Å². The fraction of sp³-hybridized carbons (Fsp3) is 0.0435. The molecule has 2 heterocycles. The molecule has 148 valence electrons. The van der Waals surface area contributed by atoms with Crippen LogP contribution in [0.15, 0.2) is 71.5 Å². The van der Waals surface area contributed by atoms with Crippen molar-refractivity contribution in [3.05, 3.63) is 103 Å². The van der Waals surface area contributed by atoms with Crippen molar-refractivity contribution < 1.29 is 4.74 Å².